The highest BCUT2D eigenvalue weighted by Crippen LogP contribution is 2.19. The Hall–Kier alpha value is -2.14. The average molecular weight is 302 g/mol. The number of aryl methyl sites for hydroxylation is 3. The Labute approximate surface area is 128 Å². The molecular formula is C15H16ClN5. The van der Waals surface area contributed by atoms with E-state index in [1.165, 1.54) is 0 Å². The minimum Gasteiger partial charge on any atom is -0.380 e. The van der Waals surface area contributed by atoms with Gasteiger partial charge in [-0.3, -0.25) is 4.68 Å². The number of rotatable bonds is 3. The first-order valence-electron chi connectivity index (χ1n) is 6.69. The van der Waals surface area contributed by atoms with E-state index in [1.807, 2.05) is 33.2 Å². The molecule has 0 saturated carbocycles. The Morgan fingerprint density at radius 1 is 1.19 bits per heavy atom. The molecule has 0 bridgehead atoms. The minimum atomic E-state index is 0.537. The molecule has 0 aliphatic heterocycles. The van der Waals surface area contributed by atoms with Gasteiger partial charge in [0, 0.05) is 25.2 Å². The van der Waals surface area contributed by atoms with Gasteiger partial charge in [0.2, 0.25) is 0 Å². The van der Waals surface area contributed by atoms with Crippen LogP contribution in [0, 0.1) is 13.8 Å². The molecule has 5 nitrogen and oxygen atoms in total. The summed E-state index contributed by atoms with van der Waals surface area (Å²) < 4.78 is 1.80. The molecule has 0 aromatic carbocycles. The smallest absolute Gasteiger partial charge is 0.157 e. The molecule has 6 heteroatoms. The van der Waals surface area contributed by atoms with E-state index in [4.69, 9.17) is 11.6 Å². The van der Waals surface area contributed by atoms with Crippen LogP contribution in [-0.2, 0) is 13.6 Å². The lowest BCUT2D eigenvalue weighted by Crippen LogP contribution is -2.01. The molecule has 0 amide bonds. The van der Waals surface area contributed by atoms with Gasteiger partial charge in [0.05, 0.1) is 17.6 Å². The molecule has 1 N–H and O–H groups in total. The van der Waals surface area contributed by atoms with Crippen LogP contribution in [0.5, 0.6) is 0 Å². The number of hydrogen-bond donors (Lipinski definition) is 1. The van der Waals surface area contributed by atoms with Crippen molar-refractivity contribution in [1.29, 1.82) is 0 Å². The molecule has 3 aromatic rings. The Morgan fingerprint density at radius 2 is 2.00 bits per heavy atom. The normalized spacial score (nSPS) is 11.0. The highest BCUT2D eigenvalue weighted by Gasteiger charge is 2.07. The van der Waals surface area contributed by atoms with Gasteiger partial charge in [-0.1, -0.05) is 11.6 Å². The summed E-state index contributed by atoms with van der Waals surface area (Å²) in [5, 5.41) is 9.33. The third-order valence-electron chi connectivity index (χ3n) is 3.43. The van der Waals surface area contributed by atoms with Crippen LogP contribution in [-0.4, -0.2) is 19.7 Å². The molecular weight excluding hydrogens is 286 g/mol. The van der Waals surface area contributed by atoms with Gasteiger partial charge < -0.3 is 5.32 Å². The van der Waals surface area contributed by atoms with Gasteiger partial charge in [-0.15, -0.1) is 0 Å². The predicted molar refractivity (Wildman–Crippen MR) is 84.6 cm³/mol. The van der Waals surface area contributed by atoms with Crippen molar-refractivity contribution in [2.24, 2.45) is 7.05 Å². The van der Waals surface area contributed by atoms with Crippen molar-refractivity contribution in [1.82, 2.24) is 19.7 Å². The first kappa shape index (κ1) is 13.8. The third kappa shape index (κ3) is 2.69. The predicted octanol–water partition coefficient (Wildman–Crippen LogP) is 3.25. The van der Waals surface area contributed by atoms with E-state index in [2.05, 4.69) is 26.4 Å². The molecule has 0 fully saturated rings. The molecule has 108 valence electrons. The molecule has 21 heavy (non-hydrogen) atoms. The summed E-state index contributed by atoms with van der Waals surface area (Å²) in [4.78, 5) is 8.60. The minimum absolute atomic E-state index is 0.537. The van der Waals surface area contributed by atoms with E-state index in [9.17, 15) is 0 Å². The van der Waals surface area contributed by atoms with Crippen molar-refractivity contribution in [2.75, 3.05) is 5.32 Å². The molecule has 0 aliphatic carbocycles. The fraction of sp³-hybridized carbons (Fsp3) is 0.267. The summed E-state index contributed by atoms with van der Waals surface area (Å²) in [7, 11) is 1.91. The van der Waals surface area contributed by atoms with Crippen LogP contribution in [0.4, 0.5) is 5.69 Å². The number of pyridine rings is 2. The van der Waals surface area contributed by atoms with Crippen LogP contribution in [0.3, 0.4) is 0 Å². The summed E-state index contributed by atoms with van der Waals surface area (Å²) in [5.74, 6) is 0. The maximum atomic E-state index is 5.92. The fourth-order valence-electron chi connectivity index (χ4n) is 2.31. The molecule has 0 spiro atoms. The molecule has 3 heterocycles. The van der Waals surface area contributed by atoms with E-state index in [0.29, 0.717) is 11.7 Å². The number of aromatic nitrogens is 4. The van der Waals surface area contributed by atoms with Gasteiger partial charge >= 0.3 is 0 Å². The van der Waals surface area contributed by atoms with Gasteiger partial charge in [-0.05, 0) is 37.1 Å². The number of nitrogens with zero attached hydrogens (tertiary/aromatic N) is 4. The third-order valence-corrected chi connectivity index (χ3v) is 3.83. The molecule has 3 aromatic heterocycles. The molecule has 0 radical (unpaired) electrons. The zero-order chi connectivity index (χ0) is 15.0. The van der Waals surface area contributed by atoms with Gasteiger partial charge in [-0.25, -0.2) is 9.97 Å². The highest BCUT2D eigenvalue weighted by molar-refractivity contribution is 6.30. The summed E-state index contributed by atoms with van der Waals surface area (Å²) in [6.45, 7) is 4.61. The molecule has 0 atom stereocenters. The Kier molecular flexibility index (Phi) is 3.51. The van der Waals surface area contributed by atoms with Crippen molar-refractivity contribution < 1.29 is 0 Å². The van der Waals surface area contributed by atoms with E-state index in [-0.39, 0.29) is 0 Å². The lowest BCUT2D eigenvalue weighted by atomic mass is 10.2. The van der Waals surface area contributed by atoms with Crippen molar-refractivity contribution >= 4 is 28.3 Å². The average Bonchev–Trinajstić information content (AvgIpc) is 2.75. The van der Waals surface area contributed by atoms with Crippen molar-refractivity contribution in [3.8, 4) is 0 Å². The first-order chi connectivity index (χ1) is 10.0. The number of fused-ring (bicyclic) bond motifs is 1. The van der Waals surface area contributed by atoms with Crippen LogP contribution < -0.4 is 5.32 Å². The SMILES string of the molecule is Cc1cc(NCc2cnc3c(c2)c(C)nn3C)cnc1Cl. The van der Waals surface area contributed by atoms with Gasteiger partial charge in [0.25, 0.3) is 0 Å². The molecule has 0 unspecified atom stereocenters. The lowest BCUT2D eigenvalue weighted by molar-refractivity contribution is 0.773. The van der Waals surface area contributed by atoms with Crippen LogP contribution in [0.15, 0.2) is 24.5 Å². The van der Waals surface area contributed by atoms with Gasteiger partial charge in [0.15, 0.2) is 5.65 Å². The Morgan fingerprint density at radius 3 is 2.76 bits per heavy atom. The topological polar surface area (TPSA) is 55.6 Å². The van der Waals surface area contributed by atoms with Crippen LogP contribution in [0.1, 0.15) is 16.8 Å². The first-order valence-corrected chi connectivity index (χ1v) is 7.06. The summed E-state index contributed by atoms with van der Waals surface area (Å²) >= 11 is 5.92. The molecule has 3 rings (SSSR count). The zero-order valence-electron chi connectivity index (χ0n) is 12.2. The van der Waals surface area contributed by atoms with Gasteiger partial charge in [0.1, 0.15) is 5.15 Å². The zero-order valence-corrected chi connectivity index (χ0v) is 12.9. The number of hydrogen-bond acceptors (Lipinski definition) is 4. The van der Waals surface area contributed by atoms with E-state index in [1.54, 1.807) is 10.9 Å². The van der Waals surface area contributed by atoms with Crippen molar-refractivity contribution in [3.05, 3.63) is 46.5 Å². The maximum absolute atomic E-state index is 5.92. The largest absolute Gasteiger partial charge is 0.380 e. The Balaban J connectivity index is 1.81. The van der Waals surface area contributed by atoms with Crippen LogP contribution in [0.25, 0.3) is 11.0 Å². The summed E-state index contributed by atoms with van der Waals surface area (Å²) in [6.07, 6.45) is 3.60. The second kappa shape index (κ2) is 5.33. The fourth-order valence-corrected chi connectivity index (χ4v) is 2.41. The molecule has 0 saturated heterocycles. The van der Waals surface area contributed by atoms with Crippen LogP contribution >= 0.6 is 11.6 Å². The van der Waals surface area contributed by atoms with Crippen LogP contribution in [0.2, 0.25) is 5.15 Å². The summed E-state index contributed by atoms with van der Waals surface area (Å²) in [6, 6.07) is 4.10. The number of anilines is 1. The second-order valence-electron chi connectivity index (χ2n) is 5.11. The second-order valence-corrected chi connectivity index (χ2v) is 5.47. The monoisotopic (exact) mass is 301 g/mol. The van der Waals surface area contributed by atoms with E-state index >= 15 is 0 Å². The number of nitrogens with one attached hydrogen (secondary N) is 1. The van der Waals surface area contributed by atoms with Gasteiger partial charge in [-0.2, -0.15) is 5.10 Å². The number of halogens is 1. The quantitative estimate of drug-likeness (QED) is 0.755. The lowest BCUT2D eigenvalue weighted by Gasteiger charge is -2.07. The standard InChI is InChI=1S/C15H16ClN5/c1-9-4-12(8-18-14(9)16)17-6-11-5-13-10(2)20-21(3)15(13)19-7-11/h4-5,7-8,17H,6H2,1-3H3. The maximum Gasteiger partial charge on any atom is 0.157 e. The highest BCUT2D eigenvalue weighted by atomic mass is 35.5. The van der Waals surface area contributed by atoms with E-state index < -0.39 is 0 Å². The Bertz CT molecular complexity index is 809. The van der Waals surface area contributed by atoms with Crippen molar-refractivity contribution in [3.63, 3.8) is 0 Å². The van der Waals surface area contributed by atoms with Crippen molar-refractivity contribution in [2.45, 2.75) is 20.4 Å². The van der Waals surface area contributed by atoms with E-state index in [0.717, 1.165) is 33.5 Å². The molecule has 0 aliphatic rings. The summed E-state index contributed by atoms with van der Waals surface area (Å²) in [5.41, 5.74) is 4.90.